The van der Waals surface area contributed by atoms with E-state index in [1.807, 2.05) is 0 Å². The normalized spacial score (nSPS) is 13.3. The molecule has 0 bridgehead atoms. The Morgan fingerprint density at radius 3 is 0.684 bits per heavy atom. The molecule has 5 heteroatoms. The summed E-state index contributed by atoms with van der Waals surface area (Å²) in [6.45, 7) is 26.5. The van der Waals surface area contributed by atoms with Crippen molar-refractivity contribution in [3.05, 3.63) is 9.96 Å². The van der Waals surface area contributed by atoms with E-state index in [4.69, 9.17) is 0 Å². The van der Waals surface area contributed by atoms with Crippen LogP contribution in [0.2, 0.25) is 39.3 Å². The first-order valence-electron chi connectivity index (χ1n) is 6.89. The van der Waals surface area contributed by atoms with Crippen LogP contribution >= 0.6 is 0 Å². The van der Waals surface area contributed by atoms with E-state index in [0.717, 1.165) is 0 Å². The first-order chi connectivity index (χ1) is 7.41. The molecule has 2 nitrogen and oxygen atoms in total. The van der Waals surface area contributed by atoms with Crippen molar-refractivity contribution in [3.63, 3.8) is 0 Å². The molecule has 0 aromatic heterocycles. The van der Waals surface area contributed by atoms with E-state index < -0.39 is 16.5 Å². The van der Waals surface area contributed by atoms with Gasteiger partial charge in [-0.15, -0.1) is 11.1 Å². The summed E-state index contributed by atoms with van der Waals surface area (Å²) in [5.41, 5.74) is 0.342. The van der Waals surface area contributed by atoms with Crippen LogP contribution in [0.4, 0.5) is 0 Å². The Morgan fingerprint density at radius 1 is 0.526 bits per heavy atom. The van der Waals surface area contributed by atoms with Gasteiger partial charge in [-0.1, -0.05) is 97.3 Å². The van der Waals surface area contributed by atoms with Crippen LogP contribution in [0.25, 0.3) is 9.96 Å². The second-order valence-corrected chi connectivity index (χ2v) is 18.0. The molecule has 19 heavy (non-hydrogen) atoms. The van der Waals surface area contributed by atoms with Gasteiger partial charge in [0.1, 0.15) is 0 Å². The molecule has 0 rings (SSSR count). The Labute approximate surface area is 136 Å². The van der Waals surface area contributed by atoms with Gasteiger partial charge in [0.2, 0.25) is 0 Å². The van der Waals surface area contributed by atoms with Crippen molar-refractivity contribution in [3.8, 4) is 0 Å². The summed E-state index contributed by atoms with van der Waals surface area (Å²) in [6.07, 6.45) is 0. The Kier molecular flexibility index (Phi) is 11.0. The third kappa shape index (κ3) is 32.4. The molecule has 0 aliphatic carbocycles. The monoisotopic (exact) mass is 364 g/mol. The summed E-state index contributed by atoms with van der Waals surface area (Å²) in [4.78, 5) is 9.36. The van der Waals surface area contributed by atoms with Gasteiger partial charge in [0.15, 0.2) is 0 Å². The Balaban J connectivity index is -0.000000256. The molecule has 2 radical (unpaired) electrons. The quantitative estimate of drug-likeness (QED) is 0.613. The van der Waals surface area contributed by atoms with Crippen LogP contribution in [0.1, 0.15) is 41.5 Å². The average Bonchev–Trinajstić information content (AvgIpc) is 1.64. The van der Waals surface area contributed by atoms with E-state index in [0.29, 0.717) is 0 Å². The molecule has 0 unspecified atom stereocenters. The predicted octanol–water partition coefficient (Wildman–Crippen LogP) is 5.07. The van der Waals surface area contributed by atoms with Crippen molar-refractivity contribution in [2.75, 3.05) is 0 Å². The van der Waals surface area contributed by atoms with Gasteiger partial charge in [0, 0.05) is 0 Å². The van der Waals surface area contributed by atoms with Gasteiger partial charge in [-0.05, 0) is 0 Å². The molecule has 0 aliphatic rings. The number of rotatable bonds is 2. The fourth-order valence-corrected chi connectivity index (χ4v) is 6.04. The van der Waals surface area contributed by atoms with Gasteiger partial charge >= 0.3 is 17.6 Å². The predicted molar refractivity (Wildman–Crippen MR) is 101 cm³/mol. The first kappa shape index (κ1) is 24.9. The molecular formula is C14H38GeN2Si2-2. The van der Waals surface area contributed by atoms with Crippen molar-refractivity contribution < 1.29 is 0 Å². The van der Waals surface area contributed by atoms with Crippen molar-refractivity contribution >= 4 is 34.1 Å². The van der Waals surface area contributed by atoms with Crippen molar-refractivity contribution in [1.29, 1.82) is 0 Å². The van der Waals surface area contributed by atoms with Gasteiger partial charge in [0.05, 0.1) is 0 Å². The third-order valence-electron chi connectivity index (χ3n) is 1.34. The summed E-state index contributed by atoms with van der Waals surface area (Å²) in [7, 11) is -2.34. The topological polar surface area (TPSA) is 28.2 Å². The van der Waals surface area contributed by atoms with E-state index >= 15 is 0 Å². The van der Waals surface area contributed by atoms with Gasteiger partial charge in [0.25, 0.3) is 0 Å². The summed E-state index contributed by atoms with van der Waals surface area (Å²) >= 11 is 0. The minimum absolute atomic E-state index is 0. The van der Waals surface area contributed by atoms with Crippen LogP contribution in [0.5, 0.6) is 0 Å². The van der Waals surface area contributed by atoms with E-state index in [2.05, 4.69) is 90.8 Å². The molecule has 0 saturated carbocycles. The number of hydrogen-bond acceptors (Lipinski definition) is 0. The van der Waals surface area contributed by atoms with Crippen LogP contribution in [-0.4, -0.2) is 45.1 Å². The molecule has 0 saturated heterocycles. The van der Waals surface area contributed by atoms with Gasteiger partial charge in [-0.3, -0.25) is 0 Å². The second kappa shape index (κ2) is 8.37. The molecule has 0 heterocycles. The van der Waals surface area contributed by atoms with Crippen LogP contribution in [0.3, 0.4) is 0 Å². The Morgan fingerprint density at radius 2 is 0.684 bits per heavy atom. The van der Waals surface area contributed by atoms with Crippen LogP contribution in [-0.2, 0) is 0 Å². The zero-order valence-corrected chi connectivity index (χ0v) is 20.6. The summed E-state index contributed by atoms with van der Waals surface area (Å²) in [5, 5.41) is 0. The molecule has 0 aliphatic heterocycles. The summed E-state index contributed by atoms with van der Waals surface area (Å²) in [5.74, 6) is 0. The fraction of sp³-hybridized carbons (Fsp3) is 1.00. The number of nitrogens with zero attached hydrogens (tertiary/aromatic N) is 2. The molecule has 0 aromatic carbocycles. The van der Waals surface area contributed by atoms with E-state index in [9.17, 15) is 0 Å². The SMILES string of the molecule is CC(C)(C)[N-][Si](C)(C)C.CC(C)(C)[N-][Si](C)(C)C.[GeH2]. The Bertz CT molecular complexity index is 180. The molecule has 0 fully saturated rings. The van der Waals surface area contributed by atoms with Gasteiger partial charge in [-0.25, -0.2) is 0 Å². The maximum absolute atomic E-state index is 4.68. The average molecular weight is 363 g/mol. The fourth-order valence-electron chi connectivity index (χ4n) is 2.01. The molecule has 0 N–H and O–H groups in total. The molecule has 0 atom stereocenters. The first-order valence-corrected chi connectivity index (χ1v) is 13.8. The van der Waals surface area contributed by atoms with E-state index in [1.165, 1.54) is 0 Å². The van der Waals surface area contributed by atoms with Crippen LogP contribution in [0.15, 0.2) is 0 Å². The van der Waals surface area contributed by atoms with E-state index in [1.54, 1.807) is 0 Å². The van der Waals surface area contributed by atoms with Crippen molar-refractivity contribution in [1.82, 2.24) is 0 Å². The standard InChI is InChI=1S/2C7H18NSi.GeH2/c2*1-7(2,3)8-9(4,5)6;/h2*1-6H3;1H2/q2*-1;. The zero-order chi connectivity index (χ0) is 15.4. The molecule has 118 valence electrons. The molecular weight excluding hydrogens is 325 g/mol. The van der Waals surface area contributed by atoms with Crippen molar-refractivity contribution in [2.45, 2.75) is 91.9 Å². The van der Waals surface area contributed by atoms with Gasteiger partial charge in [-0.2, -0.15) is 0 Å². The molecule has 0 amide bonds. The van der Waals surface area contributed by atoms with E-state index in [-0.39, 0.29) is 28.7 Å². The summed E-state index contributed by atoms with van der Waals surface area (Å²) in [6, 6.07) is 0. The number of hydrogen-bond donors (Lipinski definition) is 0. The Hall–Kier alpha value is 0.897. The van der Waals surface area contributed by atoms with Crippen LogP contribution < -0.4 is 0 Å². The molecule has 0 aromatic rings. The minimum atomic E-state index is -1.17. The summed E-state index contributed by atoms with van der Waals surface area (Å²) < 4.78 is 0. The zero-order valence-electron chi connectivity index (χ0n) is 15.6. The second-order valence-electron chi connectivity index (χ2n) is 8.91. The van der Waals surface area contributed by atoms with Gasteiger partial charge < -0.3 is 9.96 Å². The maximum atomic E-state index is 4.68. The third-order valence-corrected chi connectivity index (χ3v) is 4.02. The molecule has 0 spiro atoms. The van der Waals surface area contributed by atoms with Crippen LogP contribution in [0, 0.1) is 0 Å². The van der Waals surface area contributed by atoms with Crippen molar-refractivity contribution in [2.24, 2.45) is 0 Å².